The molecule has 0 heterocycles. The van der Waals surface area contributed by atoms with Gasteiger partial charge in [-0.2, -0.15) is 12.6 Å². The Hall–Kier alpha value is -0.870. The third kappa shape index (κ3) is 6.17. The molecule has 0 aromatic rings. The molecule has 0 rings (SSSR count). The molecular formula is C9H18N2O6S. The Morgan fingerprint density at radius 1 is 1.17 bits per heavy atom. The Balaban J connectivity index is 4.29. The molecule has 0 aliphatic carbocycles. The van der Waals surface area contributed by atoms with Crippen LogP contribution in [0.3, 0.4) is 0 Å². The zero-order valence-corrected chi connectivity index (χ0v) is 10.5. The van der Waals surface area contributed by atoms with Gasteiger partial charge in [-0.25, -0.2) is 4.79 Å². The maximum absolute atomic E-state index is 11.6. The van der Waals surface area contributed by atoms with Crippen molar-refractivity contribution in [3.05, 3.63) is 0 Å². The first-order valence-corrected chi connectivity index (χ1v) is 5.86. The van der Waals surface area contributed by atoms with E-state index in [4.69, 9.17) is 20.4 Å². The summed E-state index contributed by atoms with van der Waals surface area (Å²) in [4.78, 5) is 22.2. The number of hydrogen-bond donors (Lipinski definition) is 7. The molecule has 0 radical (unpaired) electrons. The van der Waals surface area contributed by atoms with E-state index in [9.17, 15) is 9.59 Å². The highest BCUT2D eigenvalue weighted by Gasteiger charge is 2.24. The lowest BCUT2D eigenvalue weighted by atomic mass is 10.2. The van der Waals surface area contributed by atoms with Gasteiger partial charge in [0.15, 0.2) is 0 Å². The van der Waals surface area contributed by atoms with Crippen molar-refractivity contribution in [3.63, 3.8) is 0 Å². The molecule has 0 aliphatic rings. The van der Waals surface area contributed by atoms with Gasteiger partial charge in [0.25, 0.3) is 0 Å². The van der Waals surface area contributed by atoms with E-state index in [0.717, 1.165) is 0 Å². The van der Waals surface area contributed by atoms with Crippen LogP contribution in [0.1, 0.15) is 0 Å². The topological polar surface area (TPSA) is 139 Å². The number of carbonyl (C=O) groups excluding carboxylic acids is 1. The van der Waals surface area contributed by atoms with Gasteiger partial charge in [0, 0.05) is 12.3 Å². The molecule has 0 saturated carbocycles. The average molecular weight is 282 g/mol. The van der Waals surface area contributed by atoms with Crippen molar-refractivity contribution in [1.29, 1.82) is 0 Å². The molecule has 0 aromatic heterocycles. The van der Waals surface area contributed by atoms with Crippen molar-refractivity contribution >= 4 is 24.5 Å². The maximum atomic E-state index is 11.6. The number of carboxylic acids is 1. The van der Waals surface area contributed by atoms with E-state index >= 15 is 0 Å². The van der Waals surface area contributed by atoms with Gasteiger partial charge in [-0.05, 0) is 0 Å². The Bertz CT molecular complexity index is 278. The minimum Gasteiger partial charge on any atom is -0.480 e. The fourth-order valence-corrected chi connectivity index (χ4v) is 1.34. The Morgan fingerprint density at radius 2 is 1.78 bits per heavy atom. The average Bonchev–Trinajstić information content (AvgIpc) is 2.35. The molecule has 1 amide bonds. The lowest BCUT2D eigenvalue weighted by molar-refractivity contribution is -0.143. The molecule has 1 unspecified atom stereocenters. The van der Waals surface area contributed by atoms with E-state index in [-0.39, 0.29) is 12.3 Å². The molecule has 0 fully saturated rings. The quantitative estimate of drug-likeness (QED) is 0.221. The second kappa shape index (κ2) is 9.11. The molecule has 9 heteroatoms. The highest BCUT2D eigenvalue weighted by atomic mass is 32.1. The van der Waals surface area contributed by atoms with Crippen LogP contribution in [0.2, 0.25) is 0 Å². The first-order chi connectivity index (χ1) is 8.46. The van der Waals surface area contributed by atoms with E-state index in [1.54, 1.807) is 0 Å². The van der Waals surface area contributed by atoms with Crippen molar-refractivity contribution in [2.45, 2.75) is 18.2 Å². The normalized spacial score (nSPS) is 15.8. The van der Waals surface area contributed by atoms with Crippen LogP contribution < -0.4 is 10.6 Å². The summed E-state index contributed by atoms with van der Waals surface area (Å²) < 4.78 is 0. The lowest BCUT2D eigenvalue weighted by Gasteiger charge is -2.20. The first kappa shape index (κ1) is 17.1. The van der Waals surface area contributed by atoms with Crippen molar-refractivity contribution < 1.29 is 30.0 Å². The number of carboxylic acid groups (broad SMARTS) is 1. The zero-order chi connectivity index (χ0) is 14.1. The molecular weight excluding hydrogens is 264 g/mol. The van der Waals surface area contributed by atoms with Gasteiger partial charge in [-0.15, -0.1) is 0 Å². The molecule has 106 valence electrons. The monoisotopic (exact) mass is 282 g/mol. The second-order valence-corrected chi connectivity index (χ2v) is 3.93. The van der Waals surface area contributed by atoms with E-state index < -0.39 is 43.3 Å². The van der Waals surface area contributed by atoms with Crippen LogP contribution in [0, 0.1) is 0 Å². The van der Waals surface area contributed by atoms with Gasteiger partial charge in [-0.3, -0.25) is 4.79 Å². The van der Waals surface area contributed by atoms with Gasteiger partial charge >= 0.3 is 5.97 Å². The molecule has 0 bridgehead atoms. The smallest absolute Gasteiger partial charge is 0.328 e. The minimum absolute atomic E-state index is 0.0357. The van der Waals surface area contributed by atoms with Crippen molar-refractivity contribution in [1.82, 2.24) is 10.6 Å². The van der Waals surface area contributed by atoms with E-state index in [0.29, 0.717) is 0 Å². The summed E-state index contributed by atoms with van der Waals surface area (Å²) in [6.45, 7) is -1.21. The number of aliphatic hydroxyl groups excluding tert-OH is 3. The van der Waals surface area contributed by atoms with Crippen LogP contribution in [-0.4, -0.2) is 76.0 Å². The molecule has 6 N–H and O–H groups in total. The third-order valence-corrected chi connectivity index (χ3v) is 2.47. The van der Waals surface area contributed by atoms with E-state index in [1.165, 1.54) is 0 Å². The highest BCUT2D eigenvalue weighted by molar-refractivity contribution is 7.80. The maximum Gasteiger partial charge on any atom is 0.328 e. The second-order valence-electron chi connectivity index (χ2n) is 3.56. The number of amides is 1. The predicted molar refractivity (Wildman–Crippen MR) is 65.4 cm³/mol. The fourth-order valence-electron chi connectivity index (χ4n) is 1.04. The van der Waals surface area contributed by atoms with Crippen LogP contribution >= 0.6 is 12.6 Å². The number of carbonyl (C=O) groups is 2. The van der Waals surface area contributed by atoms with Gasteiger partial charge in [0.1, 0.15) is 6.04 Å². The number of nitrogens with one attached hydrogen (secondary N) is 2. The summed E-state index contributed by atoms with van der Waals surface area (Å²) in [5, 5.41) is 39.8. The van der Waals surface area contributed by atoms with Crippen molar-refractivity contribution in [3.8, 4) is 0 Å². The Labute approximate surface area is 109 Å². The summed E-state index contributed by atoms with van der Waals surface area (Å²) in [6, 6.07) is -2.22. The van der Waals surface area contributed by atoms with Gasteiger partial charge < -0.3 is 31.1 Å². The molecule has 0 aliphatic heterocycles. The number of rotatable bonds is 9. The Kier molecular flexibility index (Phi) is 8.67. The molecule has 0 aromatic carbocycles. The summed E-state index contributed by atoms with van der Waals surface area (Å²) >= 11 is 3.91. The van der Waals surface area contributed by atoms with E-state index in [1.807, 2.05) is 0 Å². The van der Waals surface area contributed by atoms with Crippen LogP contribution in [0.15, 0.2) is 0 Å². The largest absolute Gasteiger partial charge is 0.480 e. The predicted octanol–water partition coefficient (Wildman–Crippen LogP) is -3.21. The third-order valence-electron chi connectivity index (χ3n) is 2.11. The van der Waals surface area contributed by atoms with Crippen molar-refractivity contribution in [2.24, 2.45) is 0 Å². The molecule has 8 nitrogen and oxygen atoms in total. The van der Waals surface area contributed by atoms with Crippen LogP contribution in [0.5, 0.6) is 0 Å². The summed E-state index contributed by atoms with van der Waals surface area (Å²) in [5.41, 5.74) is 0. The highest BCUT2D eigenvalue weighted by Crippen LogP contribution is 1.92. The van der Waals surface area contributed by atoms with Crippen LogP contribution in [0.4, 0.5) is 0 Å². The minimum atomic E-state index is -1.38. The molecule has 0 saturated heterocycles. The molecule has 3 atom stereocenters. The molecule has 0 spiro atoms. The number of hydrogen-bond acceptors (Lipinski definition) is 7. The van der Waals surface area contributed by atoms with E-state index in [2.05, 4.69) is 23.3 Å². The van der Waals surface area contributed by atoms with Crippen molar-refractivity contribution in [2.75, 3.05) is 25.5 Å². The van der Waals surface area contributed by atoms with Gasteiger partial charge in [0.05, 0.1) is 25.4 Å². The van der Waals surface area contributed by atoms with Crippen LogP contribution in [-0.2, 0) is 9.59 Å². The lowest BCUT2D eigenvalue weighted by Crippen LogP contribution is -2.53. The zero-order valence-electron chi connectivity index (χ0n) is 9.61. The van der Waals surface area contributed by atoms with Crippen LogP contribution in [0.25, 0.3) is 0 Å². The standard InChI is InChI=1S/C9H18N2O6S/c12-2-5(14)1-10-7(4-18)8(15)11-6(3-13)9(16)17/h5-7,10,12-14,18H,1-4H2,(H,11,15)(H,16,17)/t5?,6-,7-/m0/s1. The number of aliphatic hydroxyl groups is 3. The molecule has 18 heavy (non-hydrogen) atoms. The summed E-state index contributed by atoms with van der Waals surface area (Å²) in [6.07, 6.45) is -1.02. The fraction of sp³-hybridized carbons (Fsp3) is 0.778. The summed E-state index contributed by atoms with van der Waals surface area (Å²) in [7, 11) is 0. The Morgan fingerprint density at radius 3 is 2.17 bits per heavy atom. The SMILES string of the molecule is O=C(O)[C@H](CO)NC(=O)[C@H](CS)NCC(O)CO. The first-order valence-electron chi connectivity index (χ1n) is 5.23. The summed E-state index contributed by atoms with van der Waals surface area (Å²) in [5.74, 6) is -1.93. The van der Waals surface area contributed by atoms with Gasteiger partial charge in [0.2, 0.25) is 5.91 Å². The number of aliphatic carboxylic acids is 1. The number of thiol groups is 1. The van der Waals surface area contributed by atoms with Gasteiger partial charge in [-0.1, -0.05) is 0 Å².